The molecule has 1 aliphatic rings. The lowest BCUT2D eigenvalue weighted by Crippen LogP contribution is -2.63. The highest BCUT2D eigenvalue weighted by Gasteiger charge is 2.54. The van der Waals surface area contributed by atoms with E-state index in [1.165, 1.54) is 20.8 Å². The van der Waals surface area contributed by atoms with Crippen LogP contribution in [-0.2, 0) is 47.3 Å². The molecule has 0 spiro atoms. The molecule has 0 saturated carbocycles. The number of carbonyl (C=O) groups excluding carboxylic acids is 4. The van der Waals surface area contributed by atoms with Crippen LogP contribution in [0.4, 0.5) is 0 Å². The summed E-state index contributed by atoms with van der Waals surface area (Å²) >= 11 is 0. The zero-order valence-electron chi connectivity index (χ0n) is 21.9. The second-order valence-electron chi connectivity index (χ2n) is 9.50. The minimum atomic E-state index is -2.35. The first-order valence-electron chi connectivity index (χ1n) is 11.6. The summed E-state index contributed by atoms with van der Waals surface area (Å²) in [7, 11) is -2.35. The zero-order valence-corrected chi connectivity index (χ0v) is 22.9. The lowest BCUT2D eigenvalue weighted by molar-refractivity contribution is -0.299. The van der Waals surface area contributed by atoms with Gasteiger partial charge in [-0.1, -0.05) is 41.5 Å². The molecule has 0 aliphatic carbocycles. The van der Waals surface area contributed by atoms with Crippen LogP contribution in [0.2, 0.25) is 16.6 Å². The van der Waals surface area contributed by atoms with Gasteiger partial charge in [0.15, 0.2) is 20.5 Å². The van der Waals surface area contributed by atoms with Crippen molar-refractivity contribution in [2.24, 2.45) is 0 Å². The van der Waals surface area contributed by atoms with E-state index in [1.54, 1.807) is 0 Å². The predicted molar refractivity (Wildman–Crippen MR) is 124 cm³/mol. The molecule has 0 N–H and O–H groups in total. The normalized spacial score (nSPS) is 25.3. The van der Waals surface area contributed by atoms with Crippen molar-refractivity contribution in [1.82, 2.24) is 0 Å². The molecule has 0 aromatic rings. The largest absolute Gasteiger partial charge is 0.456 e. The Morgan fingerprint density at radius 2 is 1.03 bits per heavy atom. The fourth-order valence-corrected chi connectivity index (χ4v) is 10.4. The summed E-state index contributed by atoms with van der Waals surface area (Å²) in [5.41, 5.74) is 0.807. The lowest BCUT2D eigenvalue weighted by Gasteiger charge is -2.46. The Hall–Kier alpha value is -1.98. The zero-order chi connectivity index (χ0) is 26.4. The van der Waals surface area contributed by atoms with Gasteiger partial charge in [-0.15, -0.1) is 0 Å². The van der Waals surface area contributed by atoms with Crippen LogP contribution in [0.3, 0.4) is 0 Å². The molecular formula is C23H40O10Si. The van der Waals surface area contributed by atoms with E-state index in [2.05, 4.69) is 41.5 Å². The highest BCUT2D eigenvalue weighted by Crippen LogP contribution is 2.43. The fourth-order valence-electron chi connectivity index (χ4n) is 4.97. The summed E-state index contributed by atoms with van der Waals surface area (Å²) in [6, 6.07) is 0. The Morgan fingerprint density at radius 3 is 1.41 bits per heavy atom. The Kier molecular flexibility index (Phi) is 11.2. The average Bonchev–Trinajstić information content (AvgIpc) is 2.65. The van der Waals surface area contributed by atoms with Gasteiger partial charge in [0.05, 0.1) is 6.61 Å². The molecule has 34 heavy (non-hydrogen) atoms. The van der Waals surface area contributed by atoms with Crippen LogP contribution in [0.15, 0.2) is 0 Å². The van der Waals surface area contributed by atoms with Crippen LogP contribution >= 0.6 is 0 Å². The molecule has 0 amide bonds. The van der Waals surface area contributed by atoms with Crippen molar-refractivity contribution < 1.29 is 47.3 Å². The molecule has 1 rings (SSSR count). The smallest absolute Gasteiger partial charge is 0.305 e. The molecule has 0 aromatic carbocycles. The molecule has 196 valence electrons. The number of ether oxygens (including phenoxy) is 5. The molecule has 0 radical (unpaired) electrons. The summed E-state index contributed by atoms with van der Waals surface area (Å²) in [5, 5.41) is 0. The van der Waals surface area contributed by atoms with E-state index in [9.17, 15) is 19.2 Å². The van der Waals surface area contributed by atoms with Gasteiger partial charge in [-0.2, -0.15) is 0 Å². The number of hydrogen-bond donors (Lipinski definition) is 0. The van der Waals surface area contributed by atoms with Crippen molar-refractivity contribution in [2.75, 3.05) is 6.61 Å². The van der Waals surface area contributed by atoms with Crippen LogP contribution in [0.1, 0.15) is 69.2 Å². The summed E-state index contributed by atoms with van der Waals surface area (Å²) < 4.78 is 34.1. The summed E-state index contributed by atoms with van der Waals surface area (Å²) in [6.45, 7) is 17.4. The Balaban J connectivity index is 3.47. The molecule has 1 heterocycles. The standard InChI is InChI=1S/C23H40O10Si/c1-12(2)34(13(3)4,14(5)6)28-11-19-20(29-15(7)24)21(30-16(8)25)22(31-17(9)26)23(33-19)32-18(10)27/h12-14,19-23H,11H2,1-10H3/t19-,20+,21+,22-,23-/m1/s1. The van der Waals surface area contributed by atoms with Crippen molar-refractivity contribution in [1.29, 1.82) is 0 Å². The summed E-state index contributed by atoms with van der Waals surface area (Å²) in [5.74, 6) is -2.75. The molecule has 5 atom stereocenters. The summed E-state index contributed by atoms with van der Waals surface area (Å²) in [6.07, 6.45) is -6.11. The van der Waals surface area contributed by atoms with Crippen molar-refractivity contribution in [3.8, 4) is 0 Å². The number of esters is 4. The predicted octanol–water partition coefficient (Wildman–Crippen LogP) is 3.26. The Labute approximate surface area is 203 Å². The first kappa shape index (κ1) is 30.0. The third-order valence-electron chi connectivity index (χ3n) is 5.98. The van der Waals surface area contributed by atoms with Gasteiger partial charge >= 0.3 is 23.9 Å². The highest BCUT2D eigenvalue weighted by molar-refractivity contribution is 6.77. The van der Waals surface area contributed by atoms with E-state index in [1.807, 2.05) is 0 Å². The molecule has 0 bridgehead atoms. The van der Waals surface area contributed by atoms with E-state index in [0.29, 0.717) is 0 Å². The van der Waals surface area contributed by atoms with Gasteiger partial charge in [-0.3, -0.25) is 19.2 Å². The van der Waals surface area contributed by atoms with E-state index in [0.717, 1.165) is 6.92 Å². The molecule has 0 aromatic heterocycles. The van der Waals surface area contributed by atoms with Crippen LogP contribution in [0.5, 0.6) is 0 Å². The van der Waals surface area contributed by atoms with Crippen LogP contribution < -0.4 is 0 Å². The van der Waals surface area contributed by atoms with E-state index >= 15 is 0 Å². The van der Waals surface area contributed by atoms with Crippen molar-refractivity contribution >= 4 is 32.2 Å². The van der Waals surface area contributed by atoms with E-state index < -0.39 is 62.9 Å². The summed E-state index contributed by atoms with van der Waals surface area (Å²) in [4.78, 5) is 47.4. The minimum Gasteiger partial charge on any atom is -0.456 e. The maximum absolute atomic E-state index is 12.0. The molecular weight excluding hydrogens is 464 g/mol. The first-order valence-corrected chi connectivity index (χ1v) is 13.8. The molecule has 0 unspecified atom stereocenters. The van der Waals surface area contributed by atoms with Gasteiger partial charge in [0.2, 0.25) is 12.4 Å². The number of hydrogen-bond acceptors (Lipinski definition) is 10. The maximum atomic E-state index is 12.0. The third kappa shape index (κ3) is 7.51. The quantitative estimate of drug-likeness (QED) is 0.249. The first-order chi connectivity index (χ1) is 15.6. The number of carbonyl (C=O) groups is 4. The number of rotatable bonds is 10. The topological polar surface area (TPSA) is 124 Å². The van der Waals surface area contributed by atoms with Gasteiger partial charge in [-0.25, -0.2) is 0 Å². The van der Waals surface area contributed by atoms with Crippen LogP contribution in [-0.4, -0.2) is 69.5 Å². The molecule has 11 heteroatoms. The van der Waals surface area contributed by atoms with Crippen LogP contribution in [0, 0.1) is 0 Å². The monoisotopic (exact) mass is 504 g/mol. The van der Waals surface area contributed by atoms with Gasteiger partial charge in [-0.05, 0) is 16.6 Å². The molecule has 1 fully saturated rings. The molecule has 10 nitrogen and oxygen atoms in total. The van der Waals surface area contributed by atoms with Gasteiger partial charge in [0.25, 0.3) is 0 Å². The lowest BCUT2D eigenvalue weighted by atomic mass is 9.98. The average molecular weight is 505 g/mol. The van der Waals surface area contributed by atoms with Gasteiger partial charge < -0.3 is 28.1 Å². The van der Waals surface area contributed by atoms with Crippen molar-refractivity contribution in [2.45, 2.75) is 117 Å². The molecule has 1 aliphatic heterocycles. The van der Waals surface area contributed by atoms with Crippen LogP contribution in [0.25, 0.3) is 0 Å². The second kappa shape index (κ2) is 12.6. The van der Waals surface area contributed by atoms with Gasteiger partial charge in [0, 0.05) is 27.7 Å². The van der Waals surface area contributed by atoms with E-state index in [4.69, 9.17) is 28.1 Å². The van der Waals surface area contributed by atoms with Crippen molar-refractivity contribution in [3.63, 3.8) is 0 Å². The third-order valence-corrected chi connectivity index (χ3v) is 12.1. The van der Waals surface area contributed by atoms with E-state index in [-0.39, 0.29) is 23.2 Å². The second-order valence-corrected chi connectivity index (χ2v) is 15.0. The highest BCUT2D eigenvalue weighted by atomic mass is 28.4. The Morgan fingerprint density at radius 1 is 0.647 bits per heavy atom. The Bertz CT molecular complexity index is 713. The maximum Gasteiger partial charge on any atom is 0.305 e. The SMILES string of the molecule is CC(=O)O[C@@H]1O[C@H](CO[Si](C(C)C)(C(C)C)C(C)C)[C@H](OC(C)=O)[C@H](OC(C)=O)[C@H]1OC(C)=O. The van der Waals surface area contributed by atoms with Crippen molar-refractivity contribution in [3.05, 3.63) is 0 Å². The minimum absolute atomic E-state index is 0.00102. The van der Waals surface area contributed by atoms with Gasteiger partial charge in [0.1, 0.15) is 6.10 Å². The fraction of sp³-hybridized carbons (Fsp3) is 0.826. The molecule has 1 saturated heterocycles.